The minimum absolute atomic E-state index is 0.200. The van der Waals surface area contributed by atoms with Gasteiger partial charge in [0.15, 0.2) is 5.82 Å². The lowest BCUT2D eigenvalue weighted by molar-refractivity contribution is 0.751. The van der Waals surface area contributed by atoms with Gasteiger partial charge in [-0.05, 0) is 30.7 Å². The van der Waals surface area contributed by atoms with Gasteiger partial charge in [-0.3, -0.25) is 9.97 Å². The van der Waals surface area contributed by atoms with Crippen LogP contribution in [0.3, 0.4) is 0 Å². The van der Waals surface area contributed by atoms with Gasteiger partial charge in [-0.2, -0.15) is 0 Å². The first-order chi connectivity index (χ1) is 11.8. The van der Waals surface area contributed by atoms with Crippen molar-refractivity contribution in [2.75, 3.05) is 18.0 Å². The average Bonchev–Trinajstić information content (AvgIpc) is 3.09. The molecular formula is C18H18N6. The van der Waals surface area contributed by atoms with Gasteiger partial charge in [0.05, 0.1) is 5.69 Å². The quantitative estimate of drug-likeness (QED) is 0.797. The van der Waals surface area contributed by atoms with Crippen molar-refractivity contribution in [1.82, 2.24) is 19.9 Å². The van der Waals surface area contributed by atoms with Crippen LogP contribution in [0.4, 0.5) is 5.82 Å². The zero-order valence-corrected chi connectivity index (χ0v) is 13.2. The highest BCUT2D eigenvalue weighted by Crippen LogP contribution is 2.27. The fourth-order valence-electron chi connectivity index (χ4n) is 2.89. The van der Waals surface area contributed by atoms with E-state index in [1.54, 1.807) is 24.8 Å². The first-order valence-corrected chi connectivity index (χ1v) is 8.00. The number of hydrogen-bond acceptors (Lipinski definition) is 6. The van der Waals surface area contributed by atoms with E-state index in [1.165, 1.54) is 0 Å². The summed E-state index contributed by atoms with van der Waals surface area (Å²) >= 11 is 0. The second kappa shape index (κ2) is 6.33. The first kappa shape index (κ1) is 14.7. The summed E-state index contributed by atoms with van der Waals surface area (Å²) in [5, 5.41) is 0. The minimum atomic E-state index is 0.200. The van der Waals surface area contributed by atoms with Gasteiger partial charge in [0.2, 0.25) is 0 Å². The van der Waals surface area contributed by atoms with Crippen molar-refractivity contribution >= 4 is 5.82 Å². The first-order valence-electron chi connectivity index (χ1n) is 8.00. The Labute approximate surface area is 140 Å². The van der Waals surface area contributed by atoms with Crippen LogP contribution >= 0.6 is 0 Å². The fraction of sp³-hybridized carbons (Fsp3) is 0.222. The highest BCUT2D eigenvalue weighted by molar-refractivity contribution is 5.67. The third-order valence-corrected chi connectivity index (χ3v) is 4.16. The van der Waals surface area contributed by atoms with Crippen LogP contribution in [0.25, 0.3) is 22.6 Å². The molecule has 0 spiro atoms. The Morgan fingerprint density at radius 1 is 1.00 bits per heavy atom. The Kier molecular flexibility index (Phi) is 3.88. The molecule has 0 bridgehead atoms. The molecule has 0 aliphatic carbocycles. The standard InChI is InChI=1S/C18H18N6/c19-15-5-9-24(12-15)17-10-16(13-3-7-20-8-4-13)22-18(23-17)14-2-1-6-21-11-14/h1-4,6-8,10-11,15H,5,9,12,19H2. The van der Waals surface area contributed by atoms with E-state index in [0.29, 0.717) is 5.82 Å². The van der Waals surface area contributed by atoms with Crippen molar-refractivity contribution in [2.24, 2.45) is 5.73 Å². The normalized spacial score (nSPS) is 17.2. The monoisotopic (exact) mass is 318 g/mol. The SMILES string of the molecule is NC1CCN(c2cc(-c3ccncc3)nc(-c3cccnc3)n2)C1. The Morgan fingerprint density at radius 2 is 1.88 bits per heavy atom. The Hall–Kier alpha value is -2.86. The predicted octanol–water partition coefficient (Wildman–Crippen LogP) is 2.14. The van der Waals surface area contributed by atoms with Crippen LogP contribution < -0.4 is 10.6 Å². The van der Waals surface area contributed by atoms with Crippen molar-refractivity contribution in [3.05, 3.63) is 55.1 Å². The smallest absolute Gasteiger partial charge is 0.163 e. The molecule has 1 saturated heterocycles. The lowest BCUT2D eigenvalue weighted by Gasteiger charge is -2.18. The van der Waals surface area contributed by atoms with E-state index in [2.05, 4.69) is 14.9 Å². The summed E-state index contributed by atoms with van der Waals surface area (Å²) in [7, 11) is 0. The summed E-state index contributed by atoms with van der Waals surface area (Å²) in [5.41, 5.74) is 8.85. The van der Waals surface area contributed by atoms with E-state index in [1.807, 2.05) is 30.3 Å². The molecule has 0 radical (unpaired) electrons. The summed E-state index contributed by atoms with van der Waals surface area (Å²) in [6.07, 6.45) is 8.05. The molecule has 1 unspecified atom stereocenters. The van der Waals surface area contributed by atoms with Crippen LogP contribution in [0, 0.1) is 0 Å². The van der Waals surface area contributed by atoms with Gasteiger partial charge in [-0.15, -0.1) is 0 Å². The summed E-state index contributed by atoms with van der Waals surface area (Å²) in [5.74, 6) is 1.58. The third-order valence-electron chi connectivity index (χ3n) is 4.16. The molecule has 120 valence electrons. The molecule has 0 saturated carbocycles. The molecule has 4 heterocycles. The summed E-state index contributed by atoms with van der Waals surface area (Å²) < 4.78 is 0. The van der Waals surface area contributed by atoms with E-state index in [9.17, 15) is 0 Å². The predicted molar refractivity (Wildman–Crippen MR) is 93.3 cm³/mol. The van der Waals surface area contributed by atoms with Crippen molar-refractivity contribution in [3.63, 3.8) is 0 Å². The molecular weight excluding hydrogens is 300 g/mol. The number of aromatic nitrogens is 4. The second-order valence-corrected chi connectivity index (χ2v) is 5.91. The van der Waals surface area contributed by atoms with Crippen molar-refractivity contribution < 1.29 is 0 Å². The van der Waals surface area contributed by atoms with Gasteiger partial charge in [-0.25, -0.2) is 9.97 Å². The van der Waals surface area contributed by atoms with Crippen molar-refractivity contribution in [2.45, 2.75) is 12.5 Å². The molecule has 4 rings (SSSR count). The van der Waals surface area contributed by atoms with Crippen molar-refractivity contribution in [3.8, 4) is 22.6 Å². The highest BCUT2D eigenvalue weighted by Gasteiger charge is 2.22. The van der Waals surface area contributed by atoms with Crippen LogP contribution in [-0.4, -0.2) is 39.1 Å². The maximum absolute atomic E-state index is 6.06. The molecule has 0 aromatic carbocycles. The van der Waals surface area contributed by atoms with Crippen LogP contribution in [0.1, 0.15) is 6.42 Å². The van der Waals surface area contributed by atoms with Gasteiger partial charge in [0.25, 0.3) is 0 Å². The molecule has 6 nitrogen and oxygen atoms in total. The Bertz CT molecular complexity index is 764. The van der Waals surface area contributed by atoms with Crippen LogP contribution in [0.2, 0.25) is 0 Å². The molecule has 0 amide bonds. The lowest BCUT2D eigenvalue weighted by atomic mass is 10.1. The molecule has 1 fully saturated rings. The molecule has 1 atom stereocenters. The average molecular weight is 318 g/mol. The third kappa shape index (κ3) is 2.96. The summed E-state index contributed by atoms with van der Waals surface area (Å²) in [6.45, 7) is 1.74. The molecule has 3 aromatic heterocycles. The molecule has 3 aromatic rings. The van der Waals surface area contributed by atoms with E-state index in [4.69, 9.17) is 15.7 Å². The zero-order valence-electron chi connectivity index (χ0n) is 13.2. The number of anilines is 1. The lowest BCUT2D eigenvalue weighted by Crippen LogP contribution is -2.27. The zero-order chi connectivity index (χ0) is 16.4. The molecule has 2 N–H and O–H groups in total. The van der Waals surface area contributed by atoms with Gasteiger partial charge < -0.3 is 10.6 Å². The van der Waals surface area contributed by atoms with E-state index in [0.717, 1.165) is 42.1 Å². The molecule has 24 heavy (non-hydrogen) atoms. The molecule has 1 aliphatic heterocycles. The van der Waals surface area contributed by atoms with Gasteiger partial charge in [0, 0.05) is 61.1 Å². The van der Waals surface area contributed by atoms with Crippen LogP contribution in [0.15, 0.2) is 55.1 Å². The van der Waals surface area contributed by atoms with Gasteiger partial charge in [0.1, 0.15) is 5.82 Å². The van der Waals surface area contributed by atoms with Crippen molar-refractivity contribution in [1.29, 1.82) is 0 Å². The van der Waals surface area contributed by atoms with Crippen LogP contribution in [-0.2, 0) is 0 Å². The largest absolute Gasteiger partial charge is 0.355 e. The van der Waals surface area contributed by atoms with Gasteiger partial charge >= 0.3 is 0 Å². The fourth-order valence-corrected chi connectivity index (χ4v) is 2.89. The second-order valence-electron chi connectivity index (χ2n) is 5.91. The Morgan fingerprint density at radius 3 is 2.58 bits per heavy atom. The minimum Gasteiger partial charge on any atom is -0.355 e. The topological polar surface area (TPSA) is 80.8 Å². The molecule has 6 heteroatoms. The Balaban J connectivity index is 1.82. The van der Waals surface area contributed by atoms with Crippen LogP contribution in [0.5, 0.6) is 0 Å². The van der Waals surface area contributed by atoms with E-state index < -0.39 is 0 Å². The summed E-state index contributed by atoms with van der Waals surface area (Å²) in [4.78, 5) is 20.0. The number of hydrogen-bond donors (Lipinski definition) is 1. The highest BCUT2D eigenvalue weighted by atomic mass is 15.2. The van der Waals surface area contributed by atoms with E-state index >= 15 is 0 Å². The number of nitrogens with zero attached hydrogens (tertiary/aromatic N) is 5. The number of pyridine rings is 2. The number of nitrogens with two attached hydrogens (primary N) is 1. The van der Waals surface area contributed by atoms with Gasteiger partial charge in [-0.1, -0.05) is 0 Å². The van der Waals surface area contributed by atoms with E-state index in [-0.39, 0.29) is 6.04 Å². The summed E-state index contributed by atoms with van der Waals surface area (Å²) in [6, 6.07) is 9.99. The molecule has 1 aliphatic rings. The number of rotatable bonds is 3. The maximum Gasteiger partial charge on any atom is 0.163 e. The maximum atomic E-state index is 6.06.